The molecule has 0 aliphatic heterocycles. The van der Waals surface area contributed by atoms with Gasteiger partial charge in [0, 0.05) is 6.54 Å². The minimum absolute atomic E-state index is 0.198. The zero-order valence-corrected chi connectivity index (χ0v) is 9.13. The summed E-state index contributed by atoms with van der Waals surface area (Å²) in [5, 5.41) is 21.3. The van der Waals surface area contributed by atoms with Gasteiger partial charge >= 0.3 is 0 Å². The van der Waals surface area contributed by atoms with E-state index in [1.54, 1.807) is 6.92 Å². The molecule has 84 valence electrons. The number of nitrogens with one attached hydrogen (secondary N) is 1. The zero-order valence-electron chi connectivity index (χ0n) is 9.13. The van der Waals surface area contributed by atoms with Crippen molar-refractivity contribution in [3.05, 3.63) is 12.7 Å². The molecule has 1 atom stereocenters. The molecule has 0 bridgehead atoms. The first-order chi connectivity index (χ1) is 6.62. The molecule has 0 aromatic carbocycles. The fourth-order valence-electron chi connectivity index (χ4n) is 1.13. The summed E-state index contributed by atoms with van der Waals surface area (Å²) in [6.45, 7) is 6.43. The van der Waals surface area contributed by atoms with Crippen LogP contribution in [0.5, 0.6) is 0 Å². The number of hydrogen-bond acceptors (Lipinski definition) is 3. The van der Waals surface area contributed by atoms with Crippen LogP contribution in [0.2, 0.25) is 0 Å². The highest BCUT2D eigenvalue weighted by Gasteiger charge is 2.17. The van der Waals surface area contributed by atoms with Crippen molar-refractivity contribution in [3.63, 3.8) is 0 Å². The Morgan fingerprint density at radius 3 is 2.64 bits per heavy atom. The predicted molar refractivity (Wildman–Crippen MR) is 59.2 cm³/mol. The Balaban J connectivity index is 3.17. The fraction of sp³-hybridized carbons (Fsp3) is 0.818. The van der Waals surface area contributed by atoms with Gasteiger partial charge in [-0.2, -0.15) is 0 Å². The van der Waals surface area contributed by atoms with Crippen LogP contribution in [0.25, 0.3) is 0 Å². The van der Waals surface area contributed by atoms with Crippen molar-refractivity contribution in [2.24, 2.45) is 0 Å². The van der Waals surface area contributed by atoms with E-state index in [1.165, 1.54) is 12.8 Å². The topological polar surface area (TPSA) is 52.5 Å². The van der Waals surface area contributed by atoms with Crippen LogP contribution < -0.4 is 5.32 Å². The minimum atomic E-state index is -0.985. The zero-order chi connectivity index (χ0) is 10.9. The second kappa shape index (κ2) is 7.97. The summed E-state index contributed by atoms with van der Waals surface area (Å²) in [5.74, 6) is 0. The van der Waals surface area contributed by atoms with E-state index in [9.17, 15) is 5.11 Å². The molecule has 1 unspecified atom stereocenters. The number of allylic oxidation sites excluding steroid dienone is 1. The highest BCUT2D eigenvalue weighted by molar-refractivity contribution is 4.73. The lowest BCUT2D eigenvalue weighted by Crippen LogP contribution is -2.41. The molecule has 0 saturated heterocycles. The first-order valence-electron chi connectivity index (χ1n) is 5.27. The van der Waals surface area contributed by atoms with E-state index in [0.717, 1.165) is 19.4 Å². The number of hydrogen-bond donors (Lipinski definition) is 3. The van der Waals surface area contributed by atoms with Gasteiger partial charge in [-0.15, -0.1) is 6.58 Å². The van der Waals surface area contributed by atoms with Crippen molar-refractivity contribution in [3.8, 4) is 0 Å². The molecular weight excluding hydrogens is 178 g/mol. The van der Waals surface area contributed by atoms with E-state index >= 15 is 0 Å². The first kappa shape index (κ1) is 13.6. The summed E-state index contributed by atoms with van der Waals surface area (Å²) in [6, 6.07) is 0. The van der Waals surface area contributed by atoms with E-state index in [1.807, 2.05) is 6.08 Å². The van der Waals surface area contributed by atoms with Gasteiger partial charge < -0.3 is 15.5 Å². The molecule has 0 aromatic heterocycles. The van der Waals surface area contributed by atoms with Crippen molar-refractivity contribution in [2.45, 2.75) is 38.2 Å². The lowest BCUT2D eigenvalue weighted by molar-refractivity contribution is 0.00287. The SMILES string of the molecule is C=CCCCCCNCC(C)(O)CO. The number of aliphatic hydroxyl groups is 2. The highest BCUT2D eigenvalue weighted by Crippen LogP contribution is 2.01. The summed E-state index contributed by atoms with van der Waals surface area (Å²) < 4.78 is 0. The van der Waals surface area contributed by atoms with Crippen molar-refractivity contribution in [1.29, 1.82) is 0 Å². The summed E-state index contributed by atoms with van der Waals surface area (Å²) in [6.07, 6.45) is 6.48. The molecule has 0 radical (unpaired) electrons. The maximum absolute atomic E-state index is 9.44. The van der Waals surface area contributed by atoms with Crippen LogP contribution in [-0.2, 0) is 0 Å². The van der Waals surface area contributed by atoms with Gasteiger partial charge in [0.25, 0.3) is 0 Å². The Morgan fingerprint density at radius 2 is 2.07 bits per heavy atom. The molecule has 3 heteroatoms. The third-order valence-corrected chi connectivity index (χ3v) is 2.11. The molecule has 0 aliphatic rings. The number of rotatable bonds is 9. The average molecular weight is 201 g/mol. The minimum Gasteiger partial charge on any atom is -0.393 e. The van der Waals surface area contributed by atoms with Crippen LogP contribution in [0.1, 0.15) is 32.6 Å². The third-order valence-electron chi connectivity index (χ3n) is 2.11. The summed E-state index contributed by atoms with van der Waals surface area (Å²) >= 11 is 0. The Bertz CT molecular complexity index is 146. The van der Waals surface area contributed by atoms with Gasteiger partial charge in [-0.3, -0.25) is 0 Å². The van der Waals surface area contributed by atoms with Gasteiger partial charge in [0.05, 0.1) is 12.2 Å². The second-order valence-electron chi connectivity index (χ2n) is 3.97. The van der Waals surface area contributed by atoms with Crippen LogP contribution in [0, 0.1) is 0 Å². The van der Waals surface area contributed by atoms with Gasteiger partial charge in [-0.25, -0.2) is 0 Å². The van der Waals surface area contributed by atoms with Crippen LogP contribution in [0.4, 0.5) is 0 Å². The first-order valence-corrected chi connectivity index (χ1v) is 5.27. The van der Waals surface area contributed by atoms with Crippen LogP contribution in [-0.4, -0.2) is 35.5 Å². The summed E-state index contributed by atoms with van der Waals surface area (Å²) in [5.41, 5.74) is -0.985. The van der Waals surface area contributed by atoms with Crippen LogP contribution in [0.3, 0.4) is 0 Å². The number of aliphatic hydroxyl groups excluding tert-OH is 1. The van der Waals surface area contributed by atoms with Gasteiger partial charge in [0.2, 0.25) is 0 Å². The van der Waals surface area contributed by atoms with Gasteiger partial charge in [0.1, 0.15) is 0 Å². The van der Waals surface area contributed by atoms with E-state index in [4.69, 9.17) is 5.11 Å². The summed E-state index contributed by atoms with van der Waals surface area (Å²) in [7, 11) is 0. The number of unbranched alkanes of at least 4 members (excludes halogenated alkanes) is 3. The molecule has 3 nitrogen and oxygen atoms in total. The van der Waals surface area contributed by atoms with E-state index < -0.39 is 5.60 Å². The van der Waals surface area contributed by atoms with Crippen LogP contribution >= 0.6 is 0 Å². The van der Waals surface area contributed by atoms with Crippen molar-refractivity contribution >= 4 is 0 Å². The van der Waals surface area contributed by atoms with Gasteiger partial charge in [-0.05, 0) is 32.7 Å². The Kier molecular flexibility index (Phi) is 7.76. The monoisotopic (exact) mass is 201 g/mol. The standard InChI is InChI=1S/C11H23NO2/c1-3-4-5-6-7-8-12-9-11(2,14)10-13/h3,12-14H,1,4-10H2,2H3. The van der Waals surface area contributed by atoms with Gasteiger partial charge in [0.15, 0.2) is 0 Å². The molecular formula is C11H23NO2. The molecule has 14 heavy (non-hydrogen) atoms. The van der Waals surface area contributed by atoms with Gasteiger partial charge in [-0.1, -0.05) is 12.5 Å². The average Bonchev–Trinajstić information content (AvgIpc) is 2.16. The smallest absolute Gasteiger partial charge is 0.0972 e. The molecule has 0 spiro atoms. The molecule has 0 rings (SSSR count). The Hall–Kier alpha value is -0.380. The molecule has 0 amide bonds. The lowest BCUT2D eigenvalue weighted by atomic mass is 10.1. The molecule has 0 aromatic rings. The van der Waals surface area contributed by atoms with Crippen molar-refractivity contribution in [2.75, 3.05) is 19.7 Å². The predicted octanol–water partition coefficient (Wildman–Crippen LogP) is 1.07. The maximum atomic E-state index is 9.44. The molecule has 3 N–H and O–H groups in total. The summed E-state index contributed by atoms with van der Waals surface area (Å²) in [4.78, 5) is 0. The quantitative estimate of drug-likeness (QED) is 0.386. The molecule has 0 heterocycles. The molecule has 0 aliphatic carbocycles. The highest BCUT2D eigenvalue weighted by atomic mass is 16.3. The van der Waals surface area contributed by atoms with E-state index in [-0.39, 0.29) is 6.61 Å². The second-order valence-corrected chi connectivity index (χ2v) is 3.97. The third kappa shape index (κ3) is 8.23. The Labute approximate surface area is 86.8 Å². The maximum Gasteiger partial charge on any atom is 0.0972 e. The molecule has 0 fully saturated rings. The van der Waals surface area contributed by atoms with Crippen molar-refractivity contribution in [1.82, 2.24) is 5.32 Å². The fourth-order valence-corrected chi connectivity index (χ4v) is 1.13. The normalized spacial score (nSPS) is 15.1. The van der Waals surface area contributed by atoms with E-state index in [2.05, 4.69) is 11.9 Å². The Morgan fingerprint density at radius 1 is 1.36 bits per heavy atom. The van der Waals surface area contributed by atoms with Crippen LogP contribution in [0.15, 0.2) is 12.7 Å². The van der Waals surface area contributed by atoms with E-state index in [0.29, 0.717) is 6.54 Å². The lowest BCUT2D eigenvalue weighted by Gasteiger charge is -2.20. The largest absolute Gasteiger partial charge is 0.393 e. The van der Waals surface area contributed by atoms with Crippen molar-refractivity contribution < 1.29 is 10.2 Å². The molecule has 0 saturated carbocycles.